The first-order valence-electron chi connectivity index (χ1n) is 8.31. The van der Waals surface area contributed by atoms with E-state index in [2.05, 4.69) is 12.2 Å². The van der Waals surface area contributed by atoms with E-state index in [1.165, 1.54) is 0 Å². The highest BCUT2D eigenvalue weighted by Gasteiger charge is 2.39. The van der Waals surface area contributed by atoms with Crippen molar-refractivity contribution < 1.29 is 14.4 Å². The first-order chi connectivity index (χ1) is 10.4. The molecule has 1 heterocycles. The summed E-state index contributed by atoms with van der Waals surface area (Å²) in [5.74, 6) is 0.298. The van der Waals surface area contributed by atoms with Gasteiger partial charge in [0.2, 0.25) is 5.91 Å². The van der Waals surface area contributed by atoms with Gasteiger partial charge in [-0.3, -0.25) is 14.5 Å². The fourth-order valence-electron chi connectivity index (χ4n) is 3.29. The molecule has 1 aliphatic carbocycles. The van der Waals surface area contributed by atoms with Crippen LogP contribution in [0.25, 0.3) is 0 Å². The molecule has 1 saturated carbocycles. The Morgan fingerprint density at radius 1 is 1.27 bits per heavy atom. The molecular weight excluding hydrogens is 282 g/mol. The smallest absolute Gasteiger partial charge is 0.325 e. The first kappa shape index (κ1) is 16.8. The molecule has 22 heavy (non-hydrogen) atoms. The Bertz CT molecular complexity index is 444. The molecule has 0 aromatic rings. The van der Waals surface area contributed by atoms with Crippen LogP contribution in [0.2, 0.25) is 0 Å². The molecule has 1 unspecified atom stereocenters. The number of carbonyl (C=O) groups is 3. The van der Waals surface area contributed by atoms with E-state index in [1.807, 2.05) is 6.92 Å². The number of likely N-dealkylation sites (N-methyl/N-ethyl adjacent to an activating group) is 1. The summed E-state index contributed by atoms with van der Waals surface area (Å²) in [4.78, 5) is 39.2. The Kier molecular flexibility index (Phi) is 5.42. The van der Waals surface area contributed by atoms with Crippen LogP contribution in [0.3, 0.4) is 0 Å². The topological polar surface area (TPSA) is 69.7 Å². The minimum Gasteiger partial charge on any atom is -0.341 e. The van der Waals surface area contributed by atoms with Crippen LogP contribution in [0.1, 0.15) is 52.4 Å². The number of rotatable bonds is 5. The van der Waals surface area contributed by atoms with Gasteiger partial charge in [-0.1, -0.05) is 20.3 Å². The van der Waals surface area contributed by atoms with Gasteiger partial charge in [0.25, 0.3) is 5.91 Å². The average Bonchev–Trinajstić information content (AvgIpc) is 2.75. The van der Waals surface area contributed by atoms with Crippen LogP contribution in [0.5, 0.6) is 0 Å². The van der Waals surface area contributed by atoms with Gasteiger partial charge in [0.1, 0.15) is 12.6 Å². The average molecular weight is 309 g/mol. The molecule has 0 bridgehead atoms. The second-order valence-electron chi connectivity index (χ2n) is 6.63. The van der Waals surface area contributed by atoms with Crippen LogP contribution in [0, 0.1) is 5.92 Å². The van der Waals surface area contributed by atoms with Crippen molar-refractivity contribution in [2.45, 2.75) is 64.5 Å². The van der Waals surface area contributed by atoms with Crippen molar-refractivity contribution in [1.29, 1.82) is 0 Å². The predicted octanol–water partition coefficient (Wildman–Crippen LogP) is 1.74. The van der Waals surface area contributed by atoms with Crippen LogP contribution >= 0.6 is 0 Å². The predicted molar refractivity (Wildman–Crippen MR) is 83.1 cm³/mol. The highest BCUT2D eigenvalue weighted by Crippen LogP contribution is 2.26. The van der Waals surface area contributed by atoms with Gasteiger partial charge in [0.15, 0.2) is 0 Å². The van der Waals surface area contributed by atoms with Gasteiger partial charge in [-0.2, -0.15) is 0 Å². The summed E-state index contributed by atoms with van der Waals surface area (Å²) in [6.07, 6.45) is 5.70. The summed E-state index contributed by atoms with van der Waals surface area (Å²) in [7, 11) is 1.78. The third-order valence-corrected chi connectivity index (χ3v) is 4.90. The van der Waals surface area contributed by atoms with Crippen molar-refractivity contribution in [3.63, 3.8) is 0 Å². The zero-order valence-corrected chi connectivity index (χ0v) is 13.8. The Labute approximate surface area is 132 Å². The Balaban J connectivity index is 1.91. The maximum atomic E-state index is 12.4. The van der Waals surface area contributed by atoms with Crippen LogP contribution in [0.15, 0.2) is 0 Å². The van der Waals surface area contributed by atoms with E-state index in [1.54, 1.807) is 11.9 Å². The summed E-state index contributed by atoms with van der Waals surface area (Å²) in [5.41, 5.74) is 0. The lowest BCUT2D eigenvalue weighted by Crippen LogP contribution is -2.46. The normalized spacial score (nSPS) is 28.7. The van der Waals surface area contributed by atoms with Crippen molar-refractivity contribution in [2.75, 3.05) is 13.6 Å². The van der Waals surface area contributed by atoms with Crippen molar-refractivity contribution in [3.05, 3.63) is 0 Å². The molecule has 1 aliphatic heterocycles. The third-order valence-electron chi connectivity index (χ3n) is 4.90. The monoisotopic (exact) mass is 309 g/mol. The number of imide groups is 1. The summed E-state index contributed by atoms with van der Waals surface area (Å²) in [6, 6.07) is -0.676. The fourth-order valence-corrected chi connectivity index (χ4v) is 3.29. The molecule has 6 nitrogen and oxygen atoms in total. The number of nitrogens with zero attached hydrogens (tertiary/aromatic N) is 2. The summed E-state index contributed by atoms with van der Waals surface area (Å²) in [5, 5.41) is 2.65. The van der Waals surface area contributed by atoms with Crippen LogP contribution in [-0.4, -0.2) is 53.3 Å². The third kappa shape index (κ3) is 3.59. The standard InChI is InChI=1S/C16H27N3O3/c1-4-5-13-15(21)19(16(22)17-13)10-14(20)18(3)12-8-6-11(2)7-9-12/h11-13H,4-10H2,1-3H3,(H,17,22). The number of carbonyl (C=O) groups excluding carboxylic acids is 3. The number of hydrogen-bond acceptors (Lipinski definition) is 3. The van der Waals surface area contributed by atoms with E-state index in [4.69, 9.17) is 0 Å². The molecule has 6 heteroatoms. The maximum absolute atomic E-state index is 12.4. The van der Waals surface area contributed by atoms with Gasteiger partial charge in [0.05, 0.1) is 0 Å². The Morgan fingerprint density at radius 2 is 1.91 bits per heavy atom. The first-order valence-corrected chi connectivity index (χ1v) is 8.31. The van der Waals surface area contributed by atoms with Crippen molar-refractivity contribution in [2.24, 2.45) is 5.92 Å². The maximum Gasteiger partial charge on any atom is 0.325 e. The quantitative estimate of drug-likeness (QED) is 0.787. The van der Waals surface area contributed by atoms with Gasteiger partial charge in [-0.15, -0.1) is 0 Å². The summed E-state index contributed by atoms with van der Waals surface area (Å²) in [6.45, 7) is 4.05. The van der Waals surface area contributed by atoms with Crippen LogP contribution in [0.4, 0.5) is 4.79 Å². The van der Waals surface area contributed by atoms with Crippen molar-refractivity contribution in [1.82, 2.24) is 15.1 Å². The highest BCUT2D eigenvalue weighted by atomic mass is 16.2. The minimum atomic E-state index is -0.467. The zero-order chi connectivity index (χ0) is 16.3. The van der Waals surface area contributed by atoms with Gasteiger partial charge >= 0.3 is 6.03 Å². The molecule has 1 atom stereocenters. The molecule has 2 fully saturated rings. The van der Waals surface area contributed by atoms with Crippen LogP contribution < -0.4 is 5.32 Å². The van der Waals surface area contributed by atoms with Gasteiger partial charge in [-0.25, -0.2) is 4.79 Å². The Hall–Kier alpha value is -1.59. The lowest BCUT2D eigenvalue weighted by molar-refractivity contribution is -0.138. The lowest BCUT2D eigenvalue weighted by Gasteiger charge is -2.34. The van der Waals surface area contributed by atoms with E-state index < -0.39 is 12.1 Å². The molecule has 2 aliphatic rings. The largest absolute Gasteiger partial charge is 0.341 e. The van der Waals surface area contributed by atoms with Gasteiger partial charge in [-0.05, 0) is 38.0 Å². The molecule has 2 rings (SSSR count). The number of hydrogen-bond donors (Lipinski definition) is 1. The highest BCUT2D eigenvalue weighted by molar-refractivity contribution is 6.06. The second-order valence-corrected chi connectivity index (χ2v) is 6.63. The molecule has 1 N–H and O–H groups in total. The van der Waals surface area contributed by atoms with Gasteiger partial charge in [0, 0.05) is 13.1 Å². The van der Waals surface area contributed by atoms with Crippen molar-refractivity contribution in [3.8, 4) is 0 Å². The lowest BCUT2D eigenvalue weighted by atomic mass is 9.87. The minimum absolute atomic E-state index is 0.145. The SMILES string of the molecule is CCCC1NC(=O)N(CC(=O)N(C)C2CCC(C)CC2)C1=O. The second kappa shape index (κ2) is 7.11. The Morgan fingerprint density at radius 3 is 2.50 bits per heavy atom. The van der Waals surface area contributed by atoms with E-state index in [-0.39, 0.29) is 24.4 Å². The van der Waals surface area contributed by atoms with Gasteiger partial charge < -0.3 is 10.2 Å². The molecule has 124 valence electrons. The number of nitrogens with one attached hydrogen (secondary N) is 1. The molecule has 4 amide bonds. The van der Waals surface area contributed by atoms with E-state index >= 15 is 0 Å². The molecule has 0 aromatic carbocycles. The fraction of sp³-hybridized carbons (Fsp3) is 0.812. The summed E-state index contributed by atoms with van der Waals surface area (Å²) >= 11 is 0. The molecule has 1 saturated heterocycles. The van der Waals surface area contributed by atoms with E-state index in [0.717, 1.165) is 42.9 Å². The number of urea groups is 1. The molecule has 0 radical (unpaired) electrons. The van der Waals surface area contributed by atoms with Crippen molar-refractivity contribution >= 4 is 17.8 Å². The molecule has 0 aromatic heterocycles. The zero-order valence-electron chi connectivity index (χ0n) is 13.8. The molecular formula is C16H27N3O3. The summed E-state index contributed by atoms with van der Waals surface area (Å²) < 4.78 is 0. The van der Waals surface area contributed by atoms with Crippen LogP contribution in [-0.2, 0) is 9.59 Å². The number of amides is 4. The molecule has 0 spiro atoms. The van der Waals surface area contributed by atoms with E-state index in [9.17, 15) is 14.4 Å². The van der Waals surface area contributed by atoms with E-state index in [0.29, 0.717) is 6.42 Å².